The second kappa shape index (κ2) is 11.5. The van der Waals surface area contributed by atoms with E-state index in [0.29, 0.717) is 44.9 Å². The summed E-state index contributed by atoms with van der Waals surface area (Å²) in [4.78, 5) is 22.3. The minimum atomic E-state index is -0.373. The number of hydrogen-bond donors (Lipinski definition) is 2. The van der Waals surface area contributed by atoms with Crippen molar-refractivity contribution in [2.75, 3.05) is 32.9 Å². The predicted octanol–water partition coefficient (Wildman–Crippen LogP) is 1.22. The van der Waals surface area contributed by atoms with Gasteiger partial charge in [-0.05, 0) is 26.7 Å². The van der Waals surface area contributed by atoms with E-state index in [0.717, 1.165) is 6.42 Å². The zero-order chi connectivity index (χ0) is 14.5. The lowest BCUT2D eigenvalue weighted by atomic mass is 10.3. The molecule has 0 aliphatic rings. The lowest BCUT2D eigenvalue weighted by Crippen LogP contribution is -2.37. The van der Waals surface area contributed by atoms with E-state index in [1.54, 1.807) is 6.92 Å². The van der Waals surface area contributed by atoms with E-state index in [4.69, 9.17) is 9.47 Å². The molecular weight excluding hydrogens is 248 g/mol. The van der Waals surface area contributed by atoms with Crippen LogP contribution in [0.3, 0.4) is 0 Å². The fourth-order valence-electron chi connectivity index (χ4n) is 1.16. The first-order chi connectivity index (χ1) is 9.07. The number of rotatable bonds is 10. The summed E-state index contributed by atoms with van der Waals surface area (Å²) >= 11 is 0. The van der Waals surface area contributed by atoms with Gasteiger partial charge in [-0.3, -0.25) is 0 Å². The fourth-order valence-corrected chi connectivity index (χ4v) is 1.16. The highest BCUT2D eigenvalue weighted by atomic mass is 16.5. The molecule has 0 aromatic heterocycles. The van der Waals surface area contributed by atoms with Crippen molar-refractivity contribution in [3.05, 3.63) is 12.2 Å². The number of carbonyl (C=O) groups excluding carboxylic acids is 2. The van der Waals surface area contributed by atoms with Crippen molar-refractivity contribution in [3.8, 4) is 0 Å². The minimum Gasteiger partial charge on any atom is -0.462 e. The van der Waals surface area contributed by atoms with E-state index in [1.165, 1.54) is 0 Å². The summed E-state index contributed by atoms with van der Waals surface area (Å²) < 4.78 is 10.0. The quantitative estimate of drug-likeness (QED) is 0.356. The van der Waals surface area contributed by atoms with Gasteiger partial charge < -0.3 is 20.1 Å². The lowest BCUT2D eigenvalue weighted by Gasteiger charge is -2.08. The van der Waals surface area contributed by atoms with E-state index in [1.807, 2.05) is 6.92 Å². The Bertz CT molecular complexity index is 292. The highest BCUT2D eigenvalue weighted by Crippen LogP contribution is 1.95. The second-order valence-corrected chi connectivity index (χ2v) is 4.00. The third kappa shape index (κ3) is 11.3. The molecule has 110 valence electrons. The minimum absolute atomic E-state index is 0.210. The highest BCUT2D eigenvalue weighted by molar-refractivity contribution is 5.86. The zero-order valence-corrected chi connectivity index (χ0v) is 11.8. The largest absolute Gasteiger partial charge is 0.462 e. The van der Waals surface area contributed by atoms with Gasteiger partial charge in [0.05, 0.1) is 13.2 Å². The molecule has 0 saturated carbocycles. The summed E-state index contributed by atoms with van der Waals surface area (Å²) in [7, 11) is 0. The smallest absolute Gasteiger partial charge is 0.333 e. The molecule has 0 aromatic rings. The van der Waals surface area contributed by atoms with Gasteiger partial charge in [0.1, 0.15) is 0 Å². The Morgan fingerprint density at radius 2 is 1.79 bits per heavy atom. The molecule has 0 aliphatic heterocycles. The number of esters is 1. The van der Waals surface area contributed by atoms with Crippen LogP contribution in [0.4, 0.5) is 4.79 Å². The molecule has 19 heavy (non-hydrogen) atoms. The number of hydrogen-bond acceptors (Lipinski definition) is 4. The van der Waals surface area contributed by atoms with Crippen LogP contribution in [-0.4, -0.2) is 44.9 Å². The molecule has 0 atom stereocenters. The van der Waals surface area contributed by atoms with E-state index in [9.17, 15) is 9.59 Å². The summed E-state index contributed by atoms with van der Waals surface area (Å²) in [6.07, 6.45) is 1.46. The van der Waals surface area contributed by atoms with Crippen LogP contribution in [0.1, 0.15) is 26.7 Å². The molecule has 6 heteroatoms. The van der Waals surface area contributed by atoms with Crippen LogP contribution in [0.15, 0.2) is 12.2 Å². The van der Waals surface area contributed by atoms with Crippen molar-refractivity contribution >= 4 is 12.0 Å². The molecule has 0 bridgehead atoms. The average molecular weight is 272 g/mol. The number of nitrogens with one attached hydrogen (secondary N) is 2. The zero-order valence-electron chi connectivity index (χ0n) is 11.8. The first-order valence-electron chi connectivity index (χ1n) is 6.50. The van der Waals surface area contributed by atoms with Crippen molar-refractivity contribution in [3.63, 3.8) is 0 Å². The summed E-state index contributed by atoms with van der Waals surface area (Å²) in [6.45, 7) is 9.54. The van der Waals surface area contributed by atoms with Crippen LogP contribution in [0.2, 0.25) is 0 Å². The number of carbonyl (C=O) groups is 2. The van der Waals surface area contributed by atoms with E-state index in [2.05, 4.69) is 17.2 Å². The van der Waals surface area contributed by atoms with Gasteiger partial charge in [-0.1, -0.05) is 6.58 Å². The van der Waals surface area contributed by atoms with Crippen molar-refractivity contribution in [1.29, 1.82) is 0 Å². The Labute approximate surface area is 114 Å². The summed E-state index contributed by atoms with van der Waals surface area (Å²) in [5.74, 6) is -0.373. The molecule has 0 radical (unpaired) electrons. The van der Waals surface area contributed by atoms with Gasteiger partial charge in [-0.25, -0.2) is 9.59 Å². The Balaban J connectivity index is 3.32. The molecule has 0 rings (SSSR count). The van der Waals surface area contributed by atoms with Crippen LogP contribution in [0, 0.1) is 0 Å². The van der Waals surface area contributed by atoms with Crippen LogP contribution in [-0.2, 0) is 14.3 Å². The molecular formula is C13H24N2O4. The summed E-state index contributed by atoms with van der Waals surface area (Å²) in [5, 5.41) is 5.38. The van der Waals surface area contributed by atoms with Crippen molar-refractivity contribution in [2.24, 2.45) is 0 Å². The lowest BCUT2D eigenvalue weighted by molar-refractivity contribution is -0.139. The second-order valence-electron chi connectivity index (χ2n) is 4.00. The average Bonchev–Trinajstić information content (AvgIpc) is 2.38. The van der Waals surface area contributed by atoms with Gasteiger partial charge in [-0.2, -0.15) is 0 Å². The topological polar surface area (TPSA) is 76.7 Å². The summed E-state index contributed by atoms with van der Waals surface area (Å²) in [6, 6.07) is -0.210. The molecule has 0 saturated heterocycles. The first kappa shape index (κ1) is 17.4. The Morgan fingerprint density at radius 1 is 1.11 bits per heavy atom. The standard InChI is InChI=1S/C13H24N2O4/c1-4-18-10-8-15-13(17)14-7-5-6-9-19-12(16)11(2)3/h2,4-10H2,1,3H3,(H2,14,15,17). The molecule has 6 nitrogen and oxygen atoms in total. The van der Waals surface area contributed by atoms with E-state index < -0.39 is 0 Å². The van der Waals surface area contributed by atoms with Gasteiger partial charge in [0, 0.05) is 25.3 Å². The van der Waals surface area contributed by atoms with Crippen LogP contribution < -0.4 is 10.6 Å². The Kier molecular flexibility index (Phi) is 10.6. The molecule has 0 unspecified atom stereocenters. The molecule has 0 aliphatic carbocycles. The number of unbranched alkanes of at least 4 members (excludes halogenated alkanes) is 1. The fraction of sp³-hybridized carbons (Fsp3) is 0.692. The van der Waals surface area contributed by atoms with Gasteiger partial charge >= 0.3 is 12.0 Å². The molecule has 0 aromatic carbocycles. The molecule has 2 amide bonds. The third-order valence-electron chi connectivity index (χ3n) is 2.17. The molecule has 0 fully saturated rings. The molecule has 0 spiro atoms. The number of amides is 2. The number of urea groups is 1. The molecule has 2 N–H and O–H groups in total. The van der Waals surface area contributed by atoms with E-state index in [-0.39, 0.29) is 12.0 Å². The van der Waals surface area contributed by atoms with Gasteiger partial charge in [0.25, 0.3) is 0 Å². The van der Waals surface area contributed by atoms with Crippen LogP contribution in [0.25, 0.3) is 0 Å². The van der Waals surface area contributed by atoms with Gasteiger partial charge in [-0.15, -0.1) is 0 Å². The Hall–Kier alpha value is -1.56. The van der Waals surface area contributed by atoms with Crippen LogP contribution >= 0.6 is 0 Å². The van der Waals surface area contributed by atoms with Gasteiger partial charge in [0.2, 0.25) is 0 Å². The maximum Gasteiger partial charge on any atom is 0.333 e. The predicted molar refractivity (Wildman–Crippen MR) is 72.9 cm³/mol. The van der Waals surface area contributed by atoms with Crippen molar-refractivity contribution in [1.82, 2.24) is 10.6 Å². The van der Waals surface area contributed by atoms with E-state index >= 15 is 0 Å². The molecule has 0 heterocycles. The Morgan fingerprint density at radius 3 is 2.42 bits per heavy atom. The maximum absolute atomic E-state index is 11.3. The number of ether oxygens (including phenoxy) is 2. The SMILES string of the molecule is C=C(C)C(=O)OCCCCNC(=O)NCCOCC. The van der Waals surface area contributed by atoms with Crippen molar-refractivity contribution < 1.29 is 19.1 Å². The van der Waals surface area contributed by atoms with Crippen LogP contribution in [0.5, 0.6) is 0 Å². The first-order valence-corrected chi connectivity index (χ1v) is 6.50. The third-order valence-corrected chi connectivity index (χ3v) is 2.17. The van der Waals surface area contributed by atoms with Gasteiger partial charge in [0.15, 0.2) is 0 Å². The summed E-state index contributed by atoms with van der Waals surface area (Å²) in [5.41, 5.74) is 0.395. The normalized spacial score (nSPS) is 9.79. The highest BCUT2D eigenvalue weighted by Gasteiger charge is 2.02. The maximum atomic E-state index is 11.3. The monoisotopic (exact) mass is 272 g/mol. The van der Waals surface area contributed by atoms with Crippen molar-refractivity contribution in [2.45, 2.75) is 26.7 Å².